The van der Waals surface area contributed by atoms with Crippen LogP contribution in [0.15, 0.2) is 48.5 Å². The molecular formula is C27H37N3O2. The number of hydrogen-bond acceptors (Lipinski definition) is 3. The number of unbranched alkanes of at least 4 members (excludes halogenated alkanes) is 6. The molecule has 0 atom stereocenters. The molecule has 32 heavy (non-hydrogen) atoms. The lowest BCUT2D eigenvalue weighted by atomic mass is 10.1. The maximum Gasteiger partial charge on any atom is 0.251 e. The van der Waals surface area contributed by atoms with Crippen LogP contribution in [-0.4, -0.2) is 29.1 Å². The summed E-state index contributed by atoms with van der Waals surface area (Å²) in [6, 6.07) is 15.7. The zero-order chi connectivity index (χ0) is 22.6. The number of carbonyl (C=O) groups is 1. The Kier molecular flexibility index (Phi) is 9.60. The summed E-state index contributed by atoms with van der Waals surface area (Å²) in [7, 11) is 1.62. The highest BCUT2D eigenvalue weighted by Crippen LogP contribution is 2.19. The van der Waals surface area contributed by atoms with Gasteiger partial charge in [-0.15, -0.1) is 0 Å². The van der Waals surface area contributed by atoms with Gasteiger partial charge in [-0.2, -0.15) is 0 Å². The Morgan fingerprint density at radius 3 is 2.47 bits per heavy atom. The van der Waals surface area contributed by atoms with Gasteiger partial charge in [-0.25, -0.2) is 4.98 Å². The van der Waals surface area contributed by atoms with Gasteiger partial charge in [-0.3, -0.25) is 4.79 Å². The number of rotatable bonds is 14. The Labute approximate surface area is 192 Å². The van der Waals surface area contributed by atoms with Crippen LogP contribution >= 0.6 is 0 Å². The van der Waals surface area contributed by atoms with Crippen molar-refractivity contribution in [2.24, 2.45) is 0 Å². The predicted octanol–water partition coefficient (Wildman–Crippen LogP) is 6.16. The molecule has 5 nitrogen and oxygen atoms in total. The van der Waals surface area contributed by atoms with Crippen molar-refractivity contribution in [3.63, 3.8) is 0 Å². The number of aromatic nitrogens is 2. The van der Waals surface area contributed by atoms with Crippen molar-refractivity contribution in [3.8, 4) is 5.75 Å². The molecule has 2 aromatic carbocycles. The Hall–Kier alpha value is -2.82. The van der Waals surface area contributed by atoms with Crippen molar-refractivity contribution >= 4 is 16.9 Å². The number of ether oxygens (including phenoxy) is 1. The molecule has 1 amide bonds. The quantitative estimate of drug-likeness (QED) is 0.309. The van der Waals surface area contributed by atoms with E-state index in [1.807, 2.05) is 12.1 Å². The van der Waals surface area contributed by atoms with Gasteiger partial charge in [-0.05, 0) is 55.7 Å². The lowest BCUT2D eigenvalue weighted by Crippen LogP contribution is -2.24. The zero-order valence-corrected chi connectivity index (χ0v) is 19.6. The van der Waals surface area contributed by atoms with Crippen LogP contribution in [0.3, 0.4) is 0 Å². The number of benzene rings is 2. The highest BCUT2D eigenvalue weighted by Gasteiger charge is 2.10. The van der Waals surface area contributed by atoms with Crippen molar-refractivity contribution in [1.82, 2.24) is 14.9 Å². The first-order valence-corrected chi connectivity index (χ1v) is 12.1. The standard InChI is InChI=1S/C27H37N3O2/c1-3-4-5-6-12-21-30-25-14-10-9-13-24(25)29-26(30)15-8-7-11-20-28-27(31)22-16-18-23(32-2)19-17-22/h9-10,13-14,16-19H,3-8,11-12,15,20-21H2,1-2H3,(H,28,31). The van der Waals surface area contributed by atoms with E-state index in [0.717, 1.165) is 43.5 Å². The molecule has 172 valence electrons. The van der Waals surface area contributed by atoms with Crippen LogP contribution < -0.4 is 10.1 Å². The van der Waals surface area contributed by atoms with Crippen molar-refractivity contribution in [2.75, 3.05) is 13.7 Å². The van der Waals surface area contributed by atoms with Gasteiger partial charge in [0.05, 0.1) is 18.1 Å². The van der Waals surface area contributed by atoms with Gasteiger partial charge in [-0.1, -0.05) is 51.2 Å². The summed E-state index contributed by atoms with van der Waals surface area (Å²) in [6.45, 7) is 4.00. The van der Waals surface area contributed by atoms with Gasteiger partial charge in [0.2, 0.25) is 0 Å². The van der Waals surface area contributed by atoms with Crippen LogP contribution in [0, 0.1) is 0 Å². The second-order valence-electron chi connectivity index (χ2n) is 8.38. The smallest absolute Gasteiger partial charge is 0.251 e. The van der Waals surface area contributed by atoms with Crippen molar-refractivity contribution < 1.29 is 9.53 Å². The molecule has 5 heteroatoms. The molecule has 0 saturated carbocycles. The minimum absolute atomic E-state index is 0.0301. The molecule has 0 spiro atoms. The van der Waals surface area contributed by atoms with Crippen LogP contribution in [0.25, 0.3) is 11.0 Å². The SMILES string of the molecule is CCCCCCCn1c(CCCCCNC(=O)c2ccc(OC)cc2)nc2ccccc21. The molecule has 0 fully saturated rings. The molecule has 0 radical (unpaired) electrons. The largest absolute Gasteiger partial charge is 0.497 e. The molecule has 0 bridgehead atoms. The number of hydrogen-bond donors (Lipinski definition) is 1. The second kappa shape index (κ2) is 12.9. The predicted molar refractivity (Wildman–Crippen MR) is 131 cm³/mol. The van der Waals surface area contributed by atoms with Crippen LogP contribution in [-0.2, 0) is 13.0 Å². The van der Waals surface area contributed by atoms with Gasteiger partial charge in [0.15, 0.2) is 0 Å². The number of fused-ring (bicyclic) bond motifs is 1. The second-order valence-corrected chi connectivity index (χ2v) is 8.38. The van der Waals surface area contributed by atoms with Crippen LogP contribution in [0.4, 0.5) is 0 Å². The molecule has 1 N–H and O–H groups in total. The topological polar surface area (TPSA) is 56.2 Å². The number of methoxy groups -OCH3 is 1. The summed E-state index contributed by atoms with van der Waals surface area (Å²) >= 11 is 0. The zero-order valence-electron chi connectivity index (χ0n) is 19.6. The molecule has 3 rings (SSSR count). The first-order valence-electron chi connectivity index (χ1n) is 12.1. The van der Waals surface area contributed by atoms with Crippen LogP contribution in [0.1, 0.15) is 74.5 Å². The van der Waals surface area contributed by atoms with Gasteiger partial charge in [0.1, 0.15) is 11.6 Å². The van der Waals surface area contributed by atoms with Gasteiger partial charge in [0.25, 0.3) is 5.91 Å². The van der Waals surface area contributed by atoms with E-state index in [0.29, 0.717) is 12.1 Å². The first kappa shape index (κ1) is 23.8. The lowest BCUT2D eigenvalue weighted by Gasteiger charge is -2.10. The first-order chi connectivity index (χ1) is 15.7. The fraction of sp³-hybridized carbons (Fsp3) is 0.481. The van der Waals surface area contributed by atoms with Gasteiger partial charge >= 0.3 is 0 Å². The van der Waals surface area contributed by atoms with E-state index >= 15 is 0 Å². The monoisotopic (exact) mass is 435 g/mol. The molecule has 0 aliphatic rings. The maximum atomic E-state index is 12.2. The van der Waals surface area contributed by atoms with Crippen LogP contribution in [0.2, 0.25) is 0 Å². The average molecular weight is 436 g/mol. The van der Waals surface area contributed by atoms with E-state index < -0.39 is 0 Å². The molecule has 3 aromatic rings. The maximum absolute atomic E-state index is 12.2. The molecule has 0 aliphatic carbocycles. The highest BCUT2D eigenvalue weighted by molar-refractivity contribution is 5.94. The molecule has 0 unspecified atom stereocenters. The molecule has 0 saturated heterocycles. The minimum Gasteiger partial charge on any atom is -0.497 e. The Morgan fingerprint density at radius 2 is 1.69 bits per heavy atom. The van der Waals surface area contributed by atoms with Gasteiger partial charge in [0, 0.05) is 25.1 Å². The Bertz CT molecular complexity index is 963. The summed E-state index contributed by atoms with van der Waals surface area (Å²) < 4.78 is 7.56. The average Bonchev–Trinajstić information content (AvgIpc) is 3.18. The number of amides is 1. The van der Waals surface area contributed by atoms with Gasteiger partial charge < -0.3 is 14.6 Å². The molecule has 1 heterocycles. The van der Waals surface area contributed by atoms with E-state index in [4.69, 9.17) is 9.72 Å². The Balaban J connectivity index is 1.43. The van der Waals surface area contributed by atoms with E-state index in [2.05, 4.69) is 41.1 Å². The van der Waals surface area contributed by atoms with E-state index in [-0.39, 0.29) is 5.91 Å². The fourth-order valence-electron chi connectivity index (χ4n) is 4.07. The highest BCUT2D eigenvalue weighted by atomic mass is 16.5. The number of carbonyl (C=O) groups excluding carboxylic acids is 1. The number of nitrogens with zero attached hydrogens (tertiary/aromatic N) is 2. The van der Waals surface area contributed by atoms with Crippen LogP contribution in [0.5, 0.6) is 5.75 Å². The molecule has 1 aromatic heterocycles. The third-order valence-corrected chi connectivity index (χ3v) is 5.93. The Morgan fingerprint density at radius 1 is 0.938 bits per heavy atom. The van der Waals surface area contributed by atoms with E-state index in [9.17, 15) is 4.79 Å². The van der Waals surface area contributed by atoms with Crippen molar-refractivity contribution in [2.45, 2.75) is 71.3 Å². The third kappa shape index (κ3) is 6.84. The minimum atomic E-state index is -0.0301. The summed E-state index contributed by atoms with van der Waals surface area (Å²) in [5.74, 6) is 1.93. The fourth-order valence-corrected chi connectivity index (χ4v) is 4.07. The van der Waals surface area contributed by atoms with E-state index in [1.165, 1.54) is 43.4 Å². The summed E-state index contributed by atoms with van der Waals surface area (Å²) in [4.78, 5) is 17.2. The summed E-state index contributed by atoms with van der Waals surface area (Å²) in [5, 5.41) is 3.01. The van der Waals surface area contributed by atoms with Crippen molar-refractivity contribution in [3.05, 3.63) is 59.9 Å². The molecule has 0 aliphatic heterocycles. The molecular weight excluding hydrogens is 398 g/mol. The third-order valence-electron chi connectivity index (χ3n) is 5.93. The number of para-hydroxylation sites is 2. The summed E-state index contributed by atoms with van der Waals surface area (Å²) in [5.41, 5.74) is 3.02. The number of imidazole rings is 1. The number of aryl methyl sites for hydroxylation is 2. The normalized spacial score (nSPS) is 11.1. The lowest BCUT2D eigenvalue weighted by molar-refractivity contribution is 0.0953. The summed E-state index contributed by atoms with van der Waals surface area (Å²) in [6.07, 6.45) is 10.5. The van der Waals surface area contributed by atoms with Crippen molar-refractivity contribution in [1.29, 1.82) is 0 Å². The van der Waals surface area contributed by atoms with E-state index in [1.54, 1.807) is 19.2 Å². The number of nitrogens with one attached hydrogen (secondary N) is 1.